The van der Waals surface area contributed by atoms with Gasteiger partial charge in [-0.15, -0.1) is 0 Å². The van der Waals surface area contributed by atoms with Crippen molar-refractivity contribution in [3.8, 4) is 50.2 Å². The zero-order valence-electron chi connectivity index (χ0n) is 36.8. The molecule has 0 fully saturated rings. The molecule has 0 unspecified atom stereocenters. The van der Waals surface area contributed by atoms with Crippen molar-refractivity contribution in [2.75, 3.05) is 5.32 Å². The Kier molecular flexibility index (Phi) is 9.11. The Morgan fingerprint density at radius 2 is 0.881 bits per heavy atom. The molecule has 0 spiro atoms. The number of anilines is 2. The summed E-state index contributed by atoms with van der Waals surface area (Å²) < 4.78 is 2.44. The molecular weight excluding hydrogens is 809 g/mol. The quantitative estimate of drug-likeness (QED) is 0.161. The molecule has 13 rings (SSSR count). The van der Waals surface area contributed by atoms with Crippen LogP contribution in [0.1, 0.15) is 22.3 Å². The summed E-state index contributed by atoms with van der Waals surface area (Å²) in [5.41, 5.74) is 19.8. The molecule has 2 heteroatoms. The van der Waals surface area contributed by atoms with Crippen molar-refractivity contribution >= 4 is 44.0 Å². The summed E-state index contributed by atoms with van der Waals surface area (Å²) in [5.74, 6) is 0. The summed E-state index contributed by atoms with van der Waals surface area (Å²) in [5, 5.41) is 8.85. The van der Waals surface area contributed by atoms with Crippen molar-refractivity contribution in [3.05, 3.63) is 283 Å². The standard InChI is InChI=1S/C65H44N2/c1-4-18-44(19-5-1)45-34-38-51(39-35-45)66-60-40-36-47(48-37-41-63-57(43-48)53-27-13-15-32-62(53)67(63)61-33-16-21-46-20-10-11-26-52(46)61)42-56(60)54-29-17-31-59-64(54)55-28-12-14-30-58(55)65(59,49-22-6-2-7-23-49)50-24-8-3-9-25-50/h1-43,66H. The third-order valence-electron chi connectivity index (χ3n) is 14.1. The van der Waals surface area contributed by atoms with Crippen LogP contribution in [0.2, 0.25) is 0 Å². The highest BCUT2D eigenvalue weighted by atomic mass is 15.0. The molecule has 1 aliphatic rings. The highest BCUT2D eigenvalue weighted by Crippen LogP contribution is 2.59. The summed E-state index contributed by atoms with van der Waals surface area (Å²) in [6.07, 6.45) is 0. The van der Waals surface area contributed by atoms with E-state index >= 15 is 0 Å². The molecule has 1 heterocycles. The van der Waals surface area contributed by atoms with Gasteiger partial charge < -0.3 is 9.88 Å². The molecule has 1 aliphatic carbocycles. The molecule has 0 bridgehead atoms. The largest absolute Gasteiger partial charge is 0.355 e. The predicted molar refractivity (Wildman–Crippen MR) is 282 cm³/mol. The number of nitrogens with one attached hydrogen (secondary N) is 1. The number of hydrogen-bond acceptors (Lipinski definition) is 1. The molecule has 1 N–H and O–H groups in total. The highest BCUT2D eigenvalue weighted by molar-refractivity contribution is 6.12. The van der Waals surface area contributed by atoms with Crippen LogP contribution < -0.4 is 5.32 Å². The van der Waals surface area contributed by atoms with Crippen molar-refractivity contribution in [3.63, 3.8) is 0 Å². The first-order chi connectivity index (χ1) is 33.2. The number of rotatable bonds is 8. The van der Waals surface area contributed by atoms with Gasteiger partial charge in [0.2, 0.25) is 0 Å². The van der Waals surface area contributed by atoms with E-state index < -0.39 is 5.41 Å². The Morgan fingerprint density at radius 1 is 0.328 bits per heavy atom. The molecule has 1 aromatic heterocycles. The molecule has 0 amide bonds. The average Bonchev–Trinajstić information content (AvgIpc) is 3.90. The summed E-state index contributed by atoms with van der Waals surface area (Å²) >= 11 is 0. The lowest BCUT2D eigenvalue weighted by Gasteiger charge is -2.34. The number of benzene rings is 11. The first-order valence-corrected chi connectivity index (χ1v) is 23.2. The number of nitrogens with zero attached hydrogens (tertiary/aromatic N) is 1. The molecule has 314 valence electrons. The smallest absolute Gasteiger partial charge is 0.0713 e. The minimum atomic E-state index is -0.508. The topological polar surface area (TPSA) is 17.0 Å². The van der Waals surface area contributed by atoms with E-state index in [2.05, 4.69) is 271 Å². The average molecular weight is 853 g/mol. The molecule has 12 aromatic rings. The molecular formula is C65H44N2. The minimum absolute atomic E-state index is 0.508. The van der Waals surface area contributed by atoms with Crippen LogP contribution in [0.5, 0.6) is 0 Å². The van der Waals surface area contributed by atoms with E-state index in [0.29, 0.717) is 0 Å². The SMILES string of the molecule is c1ccc(-c2ccc(Nc3ccc(-c4ccc5c(c4)c4ccccc4n5-c4cccc5ccccc45)cc3-c3cccc4c3-c3ccccc3C4(c3ccccc3)c3ccccc3)cc2)cc1. The summed E-state index contributed by atoms with van der Waals surface area (Å²) in [7, 11) is 0. The van der Waals surface area contributed by atoms with E-state index in [-0.39, 0.29) is 0 Å². The van der Waals surface area contributed by atoms with Crippen molar-refractivity contribution in [1.29, 1.82) is 0 Å². The zero-order chi connectivity index (χ0) is 44.3. The van der Waals surface area contributed by atoms with Crippen molar-refractivity contribution < 1.29 is 0 Å². The summed E-state index contributed by atoms with van der Waals surface area (Å²) in [6.45, 7) is 0. The van der Waals surface area contributed by atoms with Gasteiger partial charge in [-0.3, -0.25) is 0 Å². The normalized spacial score (nSPS) is 12.6. The van der Waals surface area contributed by atoms with E-state index in [1.54, 1.807) is 0 Å². The van der Waals surface area contributed by atoms with E-state index in [1.807, 2.05) is 0 Å². The van der Waals surface area contributed by atoms with Crippen molar-refractivity contribution in [2.24, 2.45) is 0 Å². The van der Waals surface area contributed by atoms with Gasteiger partial charge in [-0.1, -0.05) is 212 Å². The zero-order valence-corrected chi connectivity index (χ0v) is 36.8. The molecule has 0 atom stereocenters. The van der Waals surface area contributed by atoms with Crippen LogP contribution in [0.15, 0.2) is 261 Å². The second-order valence-electron chi connectivity index (χ2n) is 17.7. The number of aromatic nitrogens is 1. The molecule has 2 nitrogen and oxygen atoms in total. The predicted octanol–water partition coefficient (Wildman–Crippen LogP) is 17.0. The van der Waals surface area contributed by atoms with Gasteiger partial charge in [0.05, 0.1) is 22.1 Å². The lowest BCUT2D eigenvalue weighted by Crippen LogP contribution is -2.28. The Balaban J connectivity index is 1.02. The van der Waals surface area contributed by atoms with Crippen LogP contribution >= 0.6 is 0 Å². The maximum absolute atomic E-state index is 3.91. The Bertz CT molecular complexity index is 3770. The molecule has 0 saturated heterocycles. The fourth-order valence-corrected chi connectivity index (χ4v) is 11.1. The van der Waals surface area contributed by atoms with Gasteiger partial charge in [-0.2, -0.15) is 0 Å². The van der Waals surface area contributed by atoms with Gasteiger partial charge in [-0.05, 0) is 115 Å². The van der Waals surface area contributed by atoms with Crippen LogP contribution in [0.25, 0.3) is 82.8 Å². The van der Waals surface area contributed by atoms with Crippen LogP contribution in [0, 0.1) is 0 Å². The van der Waals surface area contributed by atoms with Gasteiger partial charge in [0.1, 0.15) is 0 Å². The molecule has 11 aromatic carbocycles. The fraction of sp³-hybridized carbons (Fsp3) is 0.0154. The first-order valence-electron chi connectivity index (χ1n) is 23.2. The van der Waals surface area contributed by atoms with E-state index in [1.165, 1.54) is 93.9 Å². The Hall–Kier alpha value is -8.72. The van der Waals surface area contributed by atoms with Crippen molar-refractivity contribution in [1.82, 2.24) is 4.57 Å². The number of hydrogen-bond donors (Lipinski definition) is 1. The van der Waals surface area contributed by atoms with Crippen LogP contribution in [0.4, 0.5) is 11.4 Å². The molecule has 0 radical (unpaired) electrons. The lowest BCUT2D eigenvalue weighted by atomic mass is 9.67. The van der Waals surface area contributed by atoms with Gasteiger partial charge >= 0.3 is 0 Å². The first kappa shape index (κ1) is 38.7. The molecule has 0 saturated carbocycles. The van der Waals surface area contributed by atoms with Crippen LogP contribution in [-0.2, 0) is 5.41 Å². The minimum Gasteiger partial charge on any atom is -0.355 e. The van der Waals surface area contributed by atoms with Gasteiger partial charge in [0.25, 0.3) is 0 Å². The third-order valence-corrected chi connectivity index (χ3v) is 14.1. The van der Waals surface area contributed by atoms with Gasteiger partial charge in [-0.25, -0.2) is 0 Å². The van der Waals surface area contributed by atoms with Gasteiger partial charge in [0, 0.05) is 33.1 Å². The van der Waals surface area contributed by atoms with Crippen LogP contribution in [-0.4, -0.2) is 4.57 Å². The lowest BCUT2D eigenvalue weighted by molar-refractivity contribution is 0.768. The maximum Gasteiger partial charge on any atom is 0.0713 e. The monoisotopic (exact) mass is 852 g/mol. The summed E-state index contributed by atoms with van der Waals surface area (Å²) in [4.78, 5) is 0. The Morgan fingerprint density at radius 3 is 1.67 bits per heavy atom. The highest BCUT2D eigenvalue weighted by Gasteiger charge is 2.46. The second kappa shape index (κ2) is 15.8. The van der Waals surface area contributed by atoms with E-state index in [9.17, 15) is 0 Å². The molecule has 0 aliphatic heterocycles. The summed E-state index contributed by atoms with van der Waals surface area (Å²) in [6, 6.07) is 95.6. The Labute approximate surface area is 390 Å². The van der Waals surface area contributed by atoms with Crippen LogP contribution in [0.3, 0.4) is 0 Å². The van der Waals surface area contributed by atoms with Crippen molar-refractivity contribution in [2.45, 2.75) is 5.41 Å². The van der Waals surface area contributed by atoms with E-state index in [4.69, 9.17) is 0 Å². The fourth-order valence-electron chi connectivity index (χ4n) is 11.1. The third kappa shape index (κ3) is 6.18. The number of para-hydroxylation sites is 1. The van der Waals surface area contributed by atoms with Gasteiger partial charge in [0.15, 0.2) is 0 Å². The second-order valence-corrected chi connectivity index (χ2v) is 17.7. The molecule has 67 heavy (non-hydrogen) atoms. The van der Waals surface area contributed by atoms with E-state index in [0.717, 1.165) is 22.5 Å². The number of fused-ring (bicyclic) bond motifs is 7. The maximum atomic E-state index is 3.91.